The summed E-state index contributed by atoms with van der Waals surface area (Å²) < 4.78 is 2.33. The van der Waals surface area contributed by atoms with Crippen LogP contribution in [0.2, 0.25) is 0 Å². The van der Waals surface area contributed by atoms with Crippen molar-refractivity contribution >= 4 is 0 Å². The van der Waals surface area contributed by atoms with E-state index in [4.69, 9.17) is 0 Å². The van der Waals surface area contributed by atoms with Crippen LogP contribution >= 0.6 is 0 Å². The average Bonchev–Trinajstić information content (AvgIpc) is 2.36. The Morgan fingerprint density at radius 3 is 1.36 bits per heavy atom. The lowest BCUT2D eigenvalue weighted by Gasteiger charge is -2.30. The first-order valence-corrected chi connectivity index (χ1v) is 9.75. The van der Waals surface area contributed by atoms with Crippen molar-refractivity contribution in [2.24, 2.45) is 5.92 Å². The minimum atomic E-state index is 0.879. The summed E-state index contributed by atoms with van der Waals surface area (Å²) in [5, 5.41) is 0. The topological polar surface area (TPSA) is 0 Å². The Labute approximate surface area is 142 Å². The molecule has 0 saturated carbocycles. The van der Waals surface area contributed by atoms with Crippen LogP contribution in [0, 0.1) is 5.92 Å². The summed E-state index contributed by atoms with van der Waals surface area (Å²) >= 11 is 0. The van der Waals surface area contributed by atoms with E-state index in [-0.39, 0.29) is 0 Å². The van der Waals surface area contributed by atoms with Crippen LogP contribution in [0.4, 0.5) is 0 Å². The monoisotopic (exact) mass is 314 g/mol. The van der Waals surface area contributed by atoms with Crippen LogP contribution < -0.4 is 0 Å². The van der Waals surface area contributed by atoms with Crippen LogP contribution in [0.3, 0.4) is 0 Å². The largest absolute Gasteiger partial charge is 0.331 e. The molecule has 0 heterocycles. The number of nitrogens with zero attached hydrogens (tertiary/aromatic N) is 2. The first-order valence-electron chi connectivity index (χ1n) is 9.75. The first kappa shape index (κ1) is 21.9. The van der Waals surface area contributed by atoms with Crippen molar-refractivity contribution < 1.29 is 8.97 Å². The van der Waals surface area contributed by atoms with Gasteiger partial charge in [0.1, 0.15) is 0 Å². The van der Waals surface area contributed by atoms with E-state index in [2.05, 4.69) is 49.1 Å². The standard InChI is InChI=1S/C20H46N2/c1-20(2)16-12-8-9-14-18-22(6,7)19-15-11-10-13-17-21(3,4)5/h20H,8-19H2,1-7H3/q+2. The van der Waals surface area contributed by atoms with Crippen molar-refractivity contribution in [3.63, 3.8) is 0 Å². The van der Waals surface area contributed by atoms with Gasteiger partial charge in [-0.25, -0.2) is 0 Å². The summed E-state index contributed by atoms with van der Waals surface area (Å²) in [4.78, 5) is 0. The Kier molecular flexibility index (Phi) is 11.4. The van der Waals surface area contributed by atoms with Crippen molar-refractivity contribution in [3.8, 4) is 0 Å². The molecule has 0 fully saturated rings. The number of quaternary nitrogens is 2. The molecular formula is C20H46N2+2. The summed E-state index contributed by atoms with van der Waals surface area (Å²) in [5.74, 6) is 0.879. The number of hydrogen-bond acceptors (Lipinski definition) is 0. The van der Waals surface area contributed by atoms with Gasteiger partial charge < -0.3 is 8.97 Å². The molecule has 0 unspecified atom stereocenters. The fourth-order valence-corrected chi connectivity index (χ4v) is 3.04. The highest BCUT2D eigenvalue weighted by Crippen LogP contribution is 2.12. The van der Waals surface area contributed by atoms with E-state index in [9.17, 15) is 0 Å². The molecule has 2 nitrogen and oxygen atoms in total. The Bertz CT molecular complexity index is 251. The fraction of sp³-hybridized carbons (Fsp3) is 1.00. The maximum atomic E-state index is 2.42. The highest BCUT2D eigenvalue weighted by Gasteiger charge is 2.14. The second-order valence-electron chi connectivity index (χ2n) is 9.41. The van der Waals surface area contributed by atoms with Crippen molar-refractivity contribution in [2.45, 2.75) is 71.6 Å². The van der Waals surface area contributed by atoms with Gasteiger partial charge >= 0.3 is 0 Å². The smallest absolute Gasteiger partial charge is 0.0782 e. The number of unbranched alkanes of at least 4 members (excludes halogenated alkanes) is 6. The van der Waals surface area contributed by atoms with Crippen molar-refractivity contribution in [2.75, 3.05) is 54.9 Å². The quantitative estimate of drug-likeness (QED) is 0.315. The molecule has 0 radical (unpaired) electrons. The van der Waals surface area contributed by atoms with E-state index >= 15 is 0 Å². The third-order valence-electron chi connectivity index (χ3n) is 4.64. The summed E-state index contributed by atoms with van der Waals surface area (Å²) in [6.45, 7) is 8.70. The molecule has 0 atom stereocenters. The van der Waals surface area contributed by atoms with Gasteiger partial charge in [0.25, 0.3) is 0 Å². The average molecular weight is 315 g/mol. The van der Waals surface area contributed by atoms with E-state index in [1.807, 2.05) is 0 Å². The molecule has 0 aliphatic rings. The van der Waals surface area contributed by atoms with E-state index in [1.165, 1.54) is 81.9 Å². The molecule has 134 valence electrons. The SMILES string of the molecule is CC(C)CCCCCC[N+](C)(C)CCCCCC[N+](C)(C)C. The highest BCUT2D eigenvalue weighted by molar-refractivity contribution is 4.49. The highest BCUT2D eigenvalue weighted by atomic mass is 15.3. The summed E-state index contributed by atoms with van der Waals surface area (Å²) in [6.07, 6.45) is 12.7. The second-order valence-corrected chi connectivity index (χ2v) is 9.41. The normalized spacial score (nSPS) is 13.1. The molecule has 0 aromatic carbocycles. The lowest BCUT2D eigenvalue weighted by atomic mass is 10.0. The van der Waals surface area contributed by atoms with Crippen LogP contribution in [0.1, 0.15) is 71.6 Å². The Morgan fingerprint density at radius 2 is 0.955 bits per heavy atom. The lowest BCUT2D eigenvalue weighted by molar-refractivity contribution is -0.890. The van der Waals surface area contributed by atoms with Gasteiger partial charge in [-0.05, 0) is 44.4 Å². The van der Waals surface area contributed by atoms with E-state index < -0.39 is 0 Å². The van der Waals surface area contributed by atoms with E-state index in [0.717, 1.165) is 10.4 Å². The molecule has 0 spiro atoms. The predicted molar refractivity (Wildman–Crippen MR) is 101 cm³/mol. The van der Waals surface area contributed by atoms with Gasteiger partial charge in [-0.1, -0.05) is 33.1 Å². The molecule has 0 rings (SSSR count). The fourth-order valence-electron chi connectivity index (χ4n) is 3.04. The molecule has 22 heavy (non-hydrogen) atoms. The number of rotatable bonds is 14. The zero-order chi connectivity index (χ0) is 17.1. The summed E-state index contributed by atoms with van der Waals surface area (Å²) in [5.41, 5.74) is 0. The van der Waals surface area contributed by atoms with Gasteiger partial charge in [0.05, 0.1) is 54.9 Å². The molecule has 0 aromatic rings. The molecule has 2 heteroatoms. The van der Waals surface area contributed by atoms with Gasteiger partial charge in [-0.15, -0.1) is 0 Å². The predicted octanol–water partition coefficient (Wildman–Crippen LogP) is 4.94. The van der Waals surface area contributed by atoms with Crippen LogP contribution in [-0.2, 0) is 0 Å². The molecule has 0 aliphatic heterocycles. The zero-order valence-corrected chi connectivity index (χ0v) is 17.0. The molecule has 0 N–H and O–H groups in total. The zero-order valence-electron chi connectivity index (χ0n) is 17.0. The maximum Gasteiger partial charge on any atom is 0.0782 e. The Hall–Kier alpha value is -0.0800. The van der Waals surface area contributed by atoms with Gasteiger partial charge in [-0.2, -0.15) is 0 Å². The van der Waals surface area contributed by atoms with Crippen molar-refractivity contribution in [1.82, 2.24) is 0 Å². The van der Waals surface area contributed by atoms with Crippen LogP contribution in [0.25, 0.3) is 0 Å². The van der Waals surface area contributed by atoms with Crippen molar-refractivity contribution in [1.29, 1.82) is 0 Å². The van der Waals surface area contributed by atoms with Crippen molar-refractivity contribution in [3.05, 3.63) is 0 Å². The first-order chi connectivity index (χ1) is 10.1. The number of hydrogen-bond donors (Lipinski definition) is 0. The third kappa shape index (κ3) is 16.3. The second kappa shape index (κ2) is 11.5. The third-order valence-corrected chi connectivity index (χ3v) is 4.64. The summed E-state index contributed by atoms with van der Waals surface area (Å²) in [6, 6.07) is 0. The molecular weight excluding hydrogens is 268 g/mol. The maximum absolute atomic E-state index is 2.42. The molecule has 0 aliphatic carbocycles. The van der Waals surface area contributed by atoms with Gasteiger partial charge in [0, 0.05) is 0 Å². The van der Waals surface area contributed by atoms with Crippen LogP contribution in [0.5, 0.6) is 0 Å². The van der Waals surface area contributed by atoms with Crippen LogP contribution in [0.15, 0.2) is 0 Å². The molecule has 0 amide bonds. The Morgan fingerprint density at radius 1 is 0.545 bits per heavy atom. The molecule has 0 aromatic heterocycles. The van der Waals surface area contributed by atoms with E-state index in [0.29, 0.717) is 0 Å². The Balaban J connectivity index is 3.49. The lowest BCUT2D eigenvalue weighted by Crippen LogP contribution is -2.41. The van der Waals surface area contributed by atoms with Gasteiger partial charge in [-0.3, -0.25) is 0 Å². The minimum absolute atomic E-state index is 0.879. The summed E-state index contributed by atoms with van der Waals surface area (Å²) in [7, 11) is 11.7. The molecule has 0 bridgehead atoms. The molecule has 0 saturated heterocycles. The minimum Gasteiger partial charge on any atom is -0.331 e. The van der Waals surface area contributed by atoms with Gasteiger partial charge in [0.2, 0.25) is 0 Å². The van der Waals surface area contributed by atoms with E-state index in [1.54, 1.807) is 0 Å². The van der Waals surface area contributed by atoms with Gasteiger partial charge in [0.15, 0.2) is 0 Å². The van der Waals surface area contributed by atoms with Crippen LogP contribution in [-0.4, -0.2) is 63.8 Å².